The Morgan fingerprint density at radius 3 is 2.65 bits per heavy atom. The van der Waals surface area contributed by atoms with E-state index in [1.165, 1.54) is 5.57 Å². The number of hydrogen-bond acceptors (Lipinski definition) is 9. The summed E-state index contributed by atoms with van der Waals surface area (Å²) in [5.74, 6) is 0.819. The summed E-state index contributed by atoms with van der Waals surface area (Å²) in [6, 6.07) is 7.56. The zero-order chi connectivity index (χ0) is 35.8. The Labute approximate surface area is 301 Å². The molecule has 1 aromatic carbocycles. The van der Waals surface area contributed by atoms with E-state index in [1.54, 1.807) is 21.6 Å². The number of benzene rings is 1. The summed E-state index contributed by atoms with van der Waals surface area (Å²) >= 11 is 0. The van der Waals surface area contributed by atoms with Gasteiger partial charge in [0, 0.05) is 35.9 Å². The minimum Gasteiger partial charge on any atom is -0.396 e. The fourth-order valence-electron chi connectivity index (χ4n) is 8.76. The maximum atomic E-state index is 14.3. The zero-order valence-electron chi connectivity index (χ0n) is 29.6. The minimum atomic E-state index is -1.23. The van der Waals surface area contributed by atoms with Crippen molar-refractivity contribution in [1.82, 2.24) is 0 Å². The number of fused-ring (bicyclic) bond motifs is 1. The molecule has 0 unspecified atom stereocenters. The lowest BCUT2D eigenvalue weighted by Crippen LogP contribution is -2.62. The molecule has 8 N–H and O–H groups in total. The molecule has 1 aromatic rings. The van der Waals surface area contributed by atoms with E-state index in [9.17, 15) is 25.2 Å². The van der Waals surface area contributed by atoms with Crippen LogP contribution in [0, 0.1) is 23.2 Å². The molecular formula is C40H58N2O5S2. The standard InChI is InChI=1S/C40H58N2O5S2/c1-26(2)9-5-10-27(3)11-6-14-30(24-44)34-23-31-25-49-48-20-17-33(36(45)22-28-12-7-13-29(21-28)38(41)42)32-16-18-39(4,47)40(31,37(34)46)35(32)15-8-19-43/h6-7,9,11-14,21,31,34-35,37-38,43-44,46-47H,3,5,8,10,15-20,22-25,41-42H2,1-2,4H3/b11-6+,30-14-,33-32-/t31-,34+,35+,37+,39+,40+/m0/s1. The van der Waals surface area contributed by atoms with E-state index >= 15 is 0 Å². The molecule has 6 atom stereocenters. The molecule has 9 heteroatoms. The first kappa shape index (κ1) is 39.8. The average molecular weight is 711 g/mol. The van der Waals surface area contributed by atoms with Crippen LogP contribution < -0.4 is 11.5 Å². The van der Waals surface area contributed by atoms with E-state index in [1.807, 2.05) is 49.4 Å². The molecule has 0 amide bonds. The second-order valence-corrected chi connectivity index (χ2v) is 17.2. The van der Waals surface area contributed by atoms with Gasteiger partial charge < -0.3 is 31.9 Å². The molecule has 0 saturated heterocycles. The van der Waals surface area contributed by atoms with Crippen LogP contribution in [0.1, 0.15) is 89.4 Å². The molecule has 2 aliphatic carbocycles. The summed E-state index contributed by atoms with van der Waals surface area (Å²) in [7, 11) is 3.48. The smallest absolute Gasteiger partial charge is 0.163 e. The van der Waals surface area contributed by atoms with Crippen molar-refractivity contribution in [3.8, 4) is 0 Å². The molecule has 0 aromatic heterocycles. The van der Waals surface area contributed by atoms with Crippen molar-refractivity contribution in [3.05, 3.63) is 94.1 Å². The van der Waals surface area contributed by atoms with E-state index in [-0.39, 0.29) is 43.2 Å². The lowest BCUT2D eigenvalue weighted by Gasteiger charge is -2.58. The number of Topliss-reactive ketones (excluding diaryl/α,β-unsaturated/α-hetero) is 1. The van der Waals surface area contributed by atoms with Crippen molar-refractivity contribution in [1.29, 1.82) is 0 Å². The van der Waals surface area contributed by atoms with Gasteiger partial charge in [-0.25, -0.2) is 0 Å². The second-order valence-electron chi connectivity index (χ2n) is 14.6. The van der Waals surface area contributed by atoms with Gasteiger partial charge in [-0.05, 0) is 106 Å². The van der Waals surface area contributed by atoms with Crippen LogP contribution in [0.15, 0.2) is 83.0 Å². The van der Waals surface area contributed by atoms with E-state index in [0.717, 1.165) is 57.8 Å². The maximum Gasteiger partial charge on any atom is 0.163 e. The number of ketones is 1. The highest BCUT2D eigenvalue weighted by Crippen LogP contribution is 2.66. The summed E-state index contributed by atoms with van der Waals surface area (Å²) in [4.78, 5) is 14.3. The van der Waals surface area contributed by atoms with Crippen molar-refractivity contribution in [2.45, 2.75) is 96.4 Å². The molecule has 2 fully saturated rings. The third-order valence-corrected chi connectivity index (χ3v) is 13.6. The van der Waals surface area contributed by atoms with Gasteiger partial charge in [0.25, 0.3) is 0 Å². The summed E-state index contributed by atoms with van der Waals surface area (Å²) in [5, 5.41) is 45.8. The topological polar surface area (TPSA) is 150 Å². The van der Waals surface area contributed by atoms with Crippen LogP contribution in [-0.2, 0) is 11.2 Å². The van der Waals surface area contributed by atoms with Crippen LogP contribution in [0.3, 0.4) is 0 Å². The number of aliphatic hydroxyl groups excluding tert-OH is 3. The molecule has 3 aliphatic rings. The lowest BCUT2D eigenvalue weighted by molar-refractivity contribution is -0.184. The highest BCUT2D eigenvalue weighted by atomic mass is 33.1. The lowest BCUT2D eigenvalue weighted by atomic mass is 9.49. The summed E-state index contributed by atoms with van der Waals surface area (Å²) in [6.07, 6.45) is 11.6. The van der Waals surface area contributed by atoms with E-state index in [0.29, 0.717) is 38.5 Å². The first-order valence-corrected chi connectivity index (χ1v) is 20.3. The number of allylic oxidation sites excluding steroid dienone is 8. The third kappa shape index (κ3) is 9.11. The Balaban J connectivity index is 1.77. The third-order valence-electron chi connectivity index (χ3n) is 11.1. The summed E-state index contributed by atoms with van der Waals surface area (Å²) in [6.45, 7) is 9.98. The van der Waals surface area contributed by atoms with E-state index in [4.69, 9.17) is 11.5 Å². The molecule has 270 valence electrons. The molecule has 0 radical (unpaired) electrons. The number of carbonyl (C=O) groups excluding carboxylic acids is 1. The molecule has 1 spiro atoms. The molecule has 1 aliphatic heterocycles. The van der Waals surface area contributed by atoms with Gasteiger partial charge in [-0.15, -0.1) is 0 Å². The van der Waals surface area contributed by atoms with Gasteiger partial charge in [-0.3, -0.25) is 4.79 Å². The van der Waals surface area contributed by atoms with Crippen LogP contribution >= 0.6 is 21.6 Å². The van der Waals surface area contributed by atoms with Crippen LogP contribution in [0.4, 0.5) is 0 Å². The minimum absolute atomic E-state index is 0.0176. The number of aliphatic hydroxyl groups is 4. The van der Waals surface area contributed by atoms with Crippen LogP contribution in [-0.4, -0.2) is 62.6 Å². The number of carbonyl (C=O) groups is 1. The number of rotatable bonds is 14. The molecule has 1 heterocycles. The predicted molar refractivity (Wildman–Crippen MR) is 205 cm³/mol. The summed E-state index contributed by atoms with van der Waals surface area (Å²) < 4.78 is 0. The van der Waals surface area contributed by atoms with Crippen molar-refractivity contribution in [2.75, 3.05) is 24.7 Å². The van der Waals surface area contributed by atoms with Gasteiger partial charge in [0.2, 0.25) is 0 Å². The van der Waals surface area contributed by atoms with Gasteiger partial charge in [0.05, 0.1) is 24.5 Å². The largest absolute Gasteiger partial charge is 0.396 e. The normalized spacial score (nSPS) is 30.8. The van der Waals surface area contributed by atoms with Crippen molar-refractivity contribution >= 4 is 27.4 Å². The average Bonchev–Trinajstić information content (AvgIpc) is 3.34. The first-order valence-electron chi connectivity index (χ1n) is 17.8. The molecule has 2 saturated carbocycles. The van der Waals surface area contributed by atoms with Gasteiger partial charge in [-0.1, -0.05) is 93.5 Å². The summed E-state index contributed by atoms with van der Waals surface area (Å²) in [5.41, 5.74) is 16.1. The molecule has 7 nitrogen and oxygen atoms in total. The Morgan fingerprint density at radius 1 is 1.18 bits per heavy atom. The molecule has 2 bridgehead atoms. The Morgan fingerprint density at radius 2 is 1.96 bits per heavy atom. The number of nitrogens with two attached hydrogens (primary N) is 2. The maximum absolute atomic E-state index is 14.3. The van der Waals surface area contributed by atoms with E-state index < -0.39 is 23.3 Å². The SMILES string of the molecule is C=C(/C=C/C=C(/CO)[C@H]1C[C@H]2CSSCC/C(C(=O)Cc3cccc(C(N)N)c3)=C3\CC[C@@](C)(O)[C@]2([C@@H]3CCCO)[C@@H]1O)CCC=C(C)C. The zero-order valence-corrected chi connectivity index (χ0v) is 31.2. The van der Waals surface area contributed by atoms with Crippen LogP contribution in [0.5, 0.6) is 0 Å². The fourth-order valence-corrected chi connectivity index (χ4v) is 11.2. The Kier molecular flexibility index (Phi) is 14.6. The van der Waals surface area contributed by atoms with Gasteiger partial charge in [0.15, 0.2) is 5.78 Å². The highest BCUT2D eigenvalue weighted by Gasteiger charge is 2.68. The Hall–Kier alpha value is -1.95. The predicted octanol–water partition coefficient (Wildman–Crippen LogP) is 6.49. The van der Waals surface area contributed by atoms with Crippen molar-refractivity contribution in [2.24, 2.45) is 34.6 Å². The molecule has 4 rings (SSSR count). The fraction of sp³-hybridized carbons (Fsp3) is 0.575. The van der Waals surface area contributed by atoms with Crippen molar-refractivity contribution < 1.29 is 25.2 Å². The van der Waals surface area contributed by atoms with Crippen molar-refractivity contribution in [3.63, 3.8) is 0 Å². The molecule has 49 heavy (non-hydrogen) atoms. The van der Waals surface area contributed by atoms with Crippen LogP contribution in [0.25, 0.3) is 0 Å². The second kappa shape index (κ2) is 18.0. The quantitative estimate of drug-likeness (QED) is 0.0551. The van der Waals surface area contributed by atoms with Gasteiger partial charge >= 0.3 is 0 Å². The Bertz CT molecular complexity index is 1440. The first-order chi connectivity index (χ1) is 23.4. The molecular weight excluding hydrogens is 653 g/mol. The van der Waals surface area contributed by atoms with Gasteiger partial charge in [0.1, 0.15) is 0 Å². The monoisotopic (exact) mass is 710 g/mol. The van der Waals surface area contributed by atoms with E-state index in [2.05, 4.69) is 26.5 Å². The highest BCUT2D eigenvalue weighted by molar-refractivity contribution is 8.76. The van der Waals surface area contributed by atoms with Crippen LogP contribution in [0.2, 0.25) is 0 Å². The number of hydrogen-bond donors (Lipinski definition) is 6. The van der Waals surface area contributed by atoms with Gasteiger partial charge in [-0.2, -0.15) is 0 Å².